The third kappa shape index (κ3) is 3.03. The maximum Gasteiger partial charge on any atom is 0.255 e. The average Bonchev–Trinajstić information content (AvgIpc) is 3.35. The van der Waals surface area contributed by atoms with Crippen LogP contribution >= 0.6 is 0 Å². The van der Waals surface area contributed by atoms with Crippen molar-refractivity contribution in [2.75, 3.05) is 12.4 Å². The van der Waals surface area contributed by atoms with Crippen molar-refractivity contribution in [2.45, 2.75) is 25.4 Å². The first-order valence-corrected chi connectivity index (χ1v) is 8.02. The largest absolute Gasteiger partial charge is 0.440 e. The molecule has 2 aromatic carbocycles. The van der Waals surface area contributed by atoms with Crippen LogP contribution < -0.4 is 5.32 Å². The maximum atomic E-state index is 12.4. The Labute approximate surface area is 139 Å². The Bertz CT molecular complexity index is 897. The summed E-state index contributed by atoms with van der Waals surface area (Å²) in [6, 6.07) is 12.9. The highest BCUT2D eigenvalue weighted by atomic mass is 16.5. The zero-order valence-electron chi connectivity index (χ0n) is 13.4. The van der Waals surface area contributed by atoms with Gasteiger partial charge in [-0.2, -0.15) is 0 Å². The monoisotopic (exact) mass is 322 g/mol. The van der Waals surface area contributed by atoms with Crippen LogP contribution in [0, 0.1) is 0 Å². The van der Waals surface area contributed by atoms with Crippen LogP contribution in [0.1, 0.15) is 40.6 Å². The van der Waals surface area contributed by atoms with Gasteiger partial charge in [-0.25, -0.2) is 4.98 Å². The zero-order chi connectivity index (χ0) is 16.5. The predicted molar refractivity (Wildman–Crippen MR) is 91.1 cm³/mol. The Kier molecular flexibility index (Phi) is 3.78. The summed E-state index contributed by atoms with van der Waals surface area (Å²) >= 11 is 0. The van der Waals surface area contributed by atoms with Gasteiger partial charge in [-0.05, 0) is 48.7 Å². The van der Waals surface area contributed by atoms with E-state index < -0.39 is 0 Å². The zero-order valence-corrected chi connectivity index (χ0v) is 13.4. The average molecular weight is 322 g/mol. The van der Waals surface area contributed by atoms with E-state index in [2.05, 4.69) is 10.3 Å². The molecule has 1 N–H and O–H groups in total. The molecule has 0 aliphatic heterocycles. The molecule has 1 heterocycles. The quantitative estimate of drug-likeness (QED) is 0.768. The fourth-order valence-corrected chi connectivity index (χ4v) is 2.70. The van der Waals surface area contributed by atoms with Crippen molar-refractivity contribution in [3.63, 3.8) is 0 Å². The molecule has 3 aromatic rings. The van der Waals surface area contributed by atoms with Gasteiger partial charge in [0.25, 0.3) is 5.91 Å². The molecule has 5 nitrogen and oxygen atoms in total. The summed E-state index contributed by atoms with van der Waals surface area (Å²) in [5.41, 5.74) is 3.81. The highest BCUT2D eigenvalue weighted by molar-refractivity contribution is 6.05. The highest BCUT2D eigenvalue weighted by Crippen LogP contribution is 2.40. The summed E-state index contributed by atoms with van der Waals surface area (Å²) in [6.07, 6.45) is 2.29. The van der Waals surface area contributed by atoms with Gasteiger partial charge in [0.2, 0.25) is 0 Å². The Balaban J connectivity index is 1.54. The van der Waals surface area contributed by atoms with Crippen molar-refractivity contribution in [2.24, 2.45) is 0 Å². The molecule has 5 heteroatoms. The molecule has 1 fully saturated rings. The number of carbonyl (C=O) groups excluding carboxylic acids is 1. The first-order valence-electron chi connectivity index (χ1n) is 8.02. The standard InChI is InChI=1S/C19H18N2O3/c1-23-11-12-3-2-4-14(9-12)18(22)20-15-7-8-17-16(10-15)21-19(24-17)13-5-6-13/h2-4,7-10,13H,5-6,11H2,1H3,(H,20,22). The smallest absolute Gasteiger partial charge is 0.255 e. The summed E-state index contributed by atoms with van der Waals surface area (Å²) < 4.78 is 10.8. The van der Waals surface area contributed by atoms with E-state index in [1.165, 1.54) is 0 Å². The van der Waals surface area contributed by atoms with E-state index in [-0.39, 0.29) is 5.91 Å². The Morgan fingerprint density at radius 1 is 1.29 bits per heavy atom. The maximum absolute atomic E-state index is 12.4. The molecular weight excluding hydrogens is 304 g/mol. The molecule has 122 valence electrons. The number of hydrogen-bond donors (Lipinski definition) is 1. The van der Waals surface area contributed by atoms with Crippen LogP contribution in [-0.2, 0) is 11.3 Å². The summed E-state index contributed by atoms with van der Waals surface area (Å²) in [5, 5.41) is 2.91. The molecule has 4 rings (SSSR count). The summed E-state index contributed by atoms with van der Waals surface area (Å²) in [6.45, 7) is 0.482. The lowest BCUT2D eigenvalue weighted by molar-refractivity contribution is 0.102. The molecule has 0 spiro atoms. The number of nitrogens with zero attached hydrogens (tertiary/aromatic N) is 1. The van der Waals surface area contributed by atoms with E-state index in [1.54, 1.807) is 13.2 Å². The van der Waals surface area contributed by atoms with Crippen LogP contribution in [0.3, 0.4) is 0 Å². The van der Waals surface area contributed by atoms with E-state index in [0.717, 1.165) is 35.4 Å². The van der Waals surface area contributed by atoms with E-state index in [9.17, 15) is 4.79 Å². The third-order valence-corrected chi connectivity index (χ3v) is 4.09. The van der Waals surface area contributed by atoms with Crippen molar-refractivity contribution >= 4 is 22.7 Å². The van der Waals surface area contributed by atoms with E-state index in [0.29, 0.717) is 23.8 Å². The molecule has 0 bridgehead atoms. The van der Waals surface area contributed by atoms with Crippen molar-refractivity contribution in [3.8, 4) is 0 Å². The molecule has 1 aromatic heterocycles. The van der Waals surface area contributed by atoms with Gasteiger partial charge in [0.1, 0.15) is 5.52 Å². The first kappa shape index (κ1) is 14.9. The van der Waals surface area contributed by atoms with Gasteiger partial charge in [-0.15, -0.1) is 0 Å². The van der Waals surface area contributed by atoms with Gasteiger partial charge in [0.05, 0.1) is 6.61 Å². The molecule has 1 amide bonds. The number of oxazole rings is 1. The van der Waals surface area contributed by atoms with Crippen molar-refractivity contribution in [3.05, 3.63) is 59.5 Å². The second-order valence-corrected chi connectivity index (χ2v) is 6.10. The topological polar surface area (TPSA) is 64.4 Å². The van der Waals surface area contributed by atoms with E-state index in [1.807, 2.05) is 36.4 Å². The highest BCUT2D eigenvalue weighted by Gasteiger charge is 2.28. The number of anilines is 1. The number of benzene rings is 2. The fraction of sp³-hybridized carbons (Fsp3) is 0.263. The number of hydrogen-bond acceptors (Lipinski definition) is 4. The minimum absolute atomic E-state index is 0.154. The molecule has 1 aliphatic rings. The number of nitrogens with one attached hydrogen (secondary N) is 1. The number of aromatic nitrogens is 1. The summed E-state index contributed by atoms with van der Waals surface area (Å²) in [7, 11) is 1.63. The normalized spacial score (nSPS) is 14.0. The van der Waals surface area contributed by atoms with Gasteiger partial charge in [0, 0.05) is 24.3 Å². The minimum Gasteiger partial charge on any atom is -0.440 e. The second-order valence-electron chi connectivity index (χ2n) is 6.10. The van der Waals surface area contributed by atoms with Crippen molar-refractivity contribution in [1.82, 2.24) is 4.98 Å². The number of methoxy groups -OCH3 is 1. The number of fused-ring (bicyclic) bond motifs is 1. The lowest BCUT2D eigenvalue weighted by Crippen LogP contribution is -2.12. The van der Waals surface area contributed by atoms with Crippen molar-refractivity contribution < 1.29 is 13.9 Å². The Morgan fingerprint density at radius 3 is 2.96 bits per heavy atom. The lowest BCUT2D eigenvalue weighted by atomic mass is 10.1. The second kappa shape index (κ2) is 6.09. The van der Waals surface area contributed by atoms with Crippen LogP contribution in [0.25, 0.3) is 11.1 Å². The molecule has 0 unspecified atom stereocenters. The first-order chi connectivity index (χ1) is 11.7. The van der Waals surface area contributed by atoms with E-state index >= 15 is 0 Å². The van der Waals surface area contributed by atoms with Crippen LogP contribution in [0.2, 0.25) is 0 Å². The van der Waals surface area contributed by atoms with Gasteiger partial charge in [-0.1, -0.05) is 12.1 Å². The molecule has 0 radical (unpaired) electrons. The predicted octanol–water partition coefficient (Wildman–Crippen LogP) is 4.10. The molecule has 1 saturated carbocycles. The molecule has 24 heavy (non-hydrogen) atoms. The van der Waals surface area contributed by atoms with Crippen LogP contribution in [-0.4, -0.2) is 18.0 Å². The Hall–Kier alpha value is -2.66. The molecule has 1 aliphatic carbocycles. The summed E-state index contributed by atoms with van der Waals surface area (Å²) in [5.74, 6) is 1.12. The number of rotatable bonds is 5. The molecule has 0 atom stereocenters. The summed E-state index contributed by atoms with van der Waals surface area (Å²) in [4.78, 5) is 17.0. The molecular formula is C19H18N2O3. The van der Waals surface area contributed by atoms with Gasteiger partial charge >= 0.3 is 0 Å². The van der Waals surface area contributed by atoms with Gasteiger partial charge < -0.3 is 14.5 Å². The van der Waals surface area contributed by atoms with Crippen LogP contribution in [0.4, 0.5) is 5.69 Å². The lowest BCUT2D eigenvalue weighted by Gasteiger charge is -2.06. The van der Waals surface area contributed by atoms with Gasteiger partial charge in [-0.3, -0.25) is 4.79 Å². The van der Waals surface area contributed by atoms with Crippen LogP contribution in [0.15, 0.2) is 46.9 Å². The fourth-order valence-electron chi connectivity index (χ4n) is 2.70. The number of carbonyl (C=O) groups is 1. The van der Waals surface area contributed by atoms with E-state index in [4.69, 9.17) is 9.15 Å². The number of ether oxygens (including phenoxy) is 1. The van der Waals surface area contributed by atoms with Gasteiger partial charge in [0.15, 0.2) is 11.5 Å². The molecule has 0 saturated heterocycles. The SMILES string of the molecule is COCc1cccc(C(=O)Nc2ccc3oc(C4CC4)nc3c2)c1. The number of amides is 1. The van der Waals surface area contributed by atoms with Crippen molar-refractivity contribution in [1.29, 1.82) is 0 Å². The Morgan fingerprint density at radius 2 is 2.17 bits per heavy atom. The third-order valence-electron chi connectivity index (χ3n) is 4.09. The van der Waals surface area contributed by atoms with Crippen LogP contribution in [0.5, 0.6) is 0 Å². The minimum atomic E-state index is -0.154.